The second-order valence-corrected chi connectivity index (χ2v) is 10.7. The summed E-state index contributed by atoms with van der Waals surface area (Å²) in [5.41, 5.74) is 8.77. The summed E-state index contributed by atoms with van der Waals surface area (Å²) in [7, 11) is 0. The van der Waals surface area contributed by atoms with Crippen LogP contribution in [0.15, 0.2) is 119 Å². The second-order valence-electron chi connectivity index (χ2n) is 9.60. The van der Waals surface area contributed by atoms with Gasteiger partial charge in [0.1, 0.15) is 0 Å². The molecule has 1 aliphatic heterocycles. The maximum absolute atomic E-state index is 2.50. The molecule has 3 heteroatoms. The average molecular weight is 471 g/mol. The number of anilines is 2. The first-order valence-electron chi connectivity index (χ1n) is 12.3. The van der Waals surface area contributed by atoms with E-state index >= 15 is 0 Å². The van der Waals surface area contributed by atoms with Crippen LogP contribution in [-0.4, -0.2) is 4.57 Å². The maximum atomic E-state index is 2.50. The molecule has 2 heterocycles. The summed E-state index contributed by atoms with van der Waals surface area (Å²) in [6.45, 7) is 4.43. The summed E-state index contributed by atoms with van der Waals surface area (Å²) in [5, 5.41) is 2.60. The summed E-state index contributed by atoms with van der Waals surface area (Å²) in [6.07, 6.45) is 8.12. The van der Waals surface area contributed by atoms with Crippen molar-refractivity contribution in [3.05, 3.63) is 114 Å². The number of para-hydroxylation sites is 2. The fourth-order valence-corrected chi connectivity index (χ4v) is 6.49. The maximum Gasteiger partial charge on any atom is 0.0701 e. The Morgan fingerprint density at radius 2 is 1.60 bits per heavy atom. The van der Waals surface area contributed by atoms with Gasteiger partial charge in [-0.25, -0.2) is 0 Å². The lowest BCUT2D eigenvalue weighted by Crippen LogP contribution is -2.21. The Morgan fingerprint density at radius 3 is 2.43 bits per heavy atom. The van der Waals surface area contributed by atoms with Gasteiger partial charge in [-0.1, -0.05) is 78.9 Å². The van der Waals surface area contributed by atoms with Gasteiger partial charge in [0.25, 0.3) is 0 Å². The first-order valence-corrected chi connectivity index (χ1v) is 13.1. The average Bonchev–Trinajstić information content (AvgIpc) is 3.23. The van der Waals surface area contributed by atoms with Crippen molar-refractivity contribution in [1.82, 2.24) is 4.57 Å². The van der Waals surface area contributed by atoms with Gasteiger partial charge in [-0.05, 0) is 67.8 Å². The molecule has 2 nitrogen and oxygen atoms in total. The van der Waals surface area contributed by atoms with Crippen molar-refractivity contribution in [2.45, 2.75) is 30.1 Å². The van der Waals surface area contributed by atoms with Crippen molar-refractivity contribution in [3.8, 4) is 5.69 Å². The van der Waals surface area contributed by atoms with Gasteiger partial charge in [0.05, 0.1) is 22.4 Å². The highest BCUT2D eigenvalue weighted by atomic mass is 32.2. The van der Waals surface area contributed by atoms with E-state index in [9.17, 15) is 0 Å². The van der Waals surface area contributed by atoms with Gasteiger partial charge in [-0.2, -0.15) is 0 Å². The molecule has 7 rings (SSSR count). The normalized spacial score (nSPS) is 16.9. The lowest BCUT2D eigenvalue weighted by atomic mass is 9.99. The monoisotopic (exact) mass is 470 g/mol. The topological polar surface area (TPSA) is 8.17 Å². The predicted octanol–water partition coefficient (Wildman–Crippen LogP) is 9.17. The van der Waals surface area contributed by atoms with Crippen LogP contribution < -0.4 is 4.90 Å². The Bertz CT molecular complexity index is 1670. The molecule has 0 fully saturated rings. The van der Waals surface area contributed by atoms with Crippen molar-refractivity contribution < 1.29 is 0 Å². The van der Waals surface area contributed by atoms with Gasteiger partial charge in [0.15, 0.2) is 0 Å². The Morgan fingerprint density at radius 1 is 0.800 bits per heavy atom. The molecule has 0 radical (unpaired) electrons. The van der Waals surface area contributed by atoms with E-state index in [0.29, 0.717) is 5.92 Å². The van der Waals surface area contributed by atoms with Gasteiger partial charge in [-0.15, -0.1) is 0 Å². The van der Waals surface area contributed by atoms with Crippen LogP contribution in [0, 0.1) is 12.8 Å². The molecule has 0 amide bonds. The molecule has 4 aromatic carbocycles. The van der Waals surface area contributed by atoms with Gasteiger partial charge < -0.3 is 9.47 Å². The van der Waals surface area contributed by atoms with Crippen molar-refractivity contribution in [1.29, 1.82) is 0 Å². The first-order chi connectivity index (χ1) is 17.2. The minimum absolute atomic E-state index is 0.576. The van der Waals surface area contributed by atoms with Gasteiger partial charge in [0.2, 0.25) is 0 Å². The van der Waals surface area contributed by atoms with Crippen molar-refractivity contribution in [2.24, 2.45) is 5.92 Å². The van der Waals surface area contributed by atoms with Crippen LogP contribution in [0.4, 0.5) is 11.4 Å². The number of aromatic nitrogens is 1. The lowest BCUT2D eigenvalue weighted by Gasteiger charge is -2.35. The van der Waals surface area contributed by atoms with Crippen LogP contribution in [0.2, 0.25) is 0 Å². The van der Waals surface area contributed by atoms with Gasteiger partial charge in [0, 0.05) is 31.9 Å². The number of aryl methyl sites for hydroxylation is 1. The molecule has 170 valence electrons. The van der Waals surface area contributed by atoms with Crippen LogP contribution in [0.3, 0.4) is 0 Å². The van der Waals surface area contributed by atoms with Crippen molar-refractivity contribution >= 4 is 44.9 Å². The molecule has 0 N–H and O–H groups in total. The van der Waals surface area contributed by atoms with Gasteiger partial charge in [-0.3, -0.25) is 0 Å². The van der Waals surface area contributed by atoms with E-state index in [4.69, 9.17) is 0 Å². The lowest BCUT2D eigenvalue weighted by molar-refractivity contribution is 0.728. The molecule has 1 atom stereocenters. The van der Waals surface area contributed by atoms with E-state index in [1.165, 1.54) is 59.9 Å². The molecule has 2 aliphatic rings. The molecule has 1 aromatic heterocycles. The molecule has 5 aromatic rings. The summed E-state index contributed by atoms with van der Waals surface area (Å²) < 4.78 is 2.42. The zero-order valence-electron chi connectivity index (χ0n) is 19.9. The second kappa shape index (κ2) is 7.93. The third-order valence-corrected chi connectivity index (χ3v) is 8.28. The number of allylic oxidation sites excluding steroid dienone is 3. The summed E-state index contributed by atoms with van der Waals surface area (Å²) in [4.78, 5) is 5.10. The van der Waals surface area contributed by atoms with E-state index in [1.54, 1.807) is 0 Å². The number of rotatable bonds is 2. The highest BCUT2D eigenvalue weighted by Crippen LogP contribution is 2.54. The SMILES string of the molecule is Cc1ccc(-n2c3ccccc3c3c4c(ccc32)Sc2ccccc2N4C2=CC[C@@H](C)C=C2)cc1. The number of hydrogen-bond acceptors (Lipinski definition) is 2. The van der Waals surface area contributed by atoms with Crippen LogP contribution >= 0.6 is 11.8 Å². The van der Waals surface area contributed by atoms with E-state index in [0.717, 1.165) is 6.42 Å². The molecular weight excluding hydrogens is 444 g/mol. The predicted molar refractivity (Wildman–Crippen MR) is 149 cm³/mol. The molecule has 0 saturated heterocycles. The molecule has 0 spiro atoms. The van der Waals surface area contributed by atoms with E-state index < -0.39 is 0 Å². The fraction of sp³-hybridized carbons (Fsp3) is 0.125. The number of nitrogens with zero attached hydrogens (tertiary/aromatic N) is 2. The minimum Gasteiger partial charge on any atom is -0.309 e. The van der Waals surface area contributed by atoms with E-state index in [-0.39, 0.29) is 0 Å². The van der Waals surface area contributed by atoms with E-state index in [2.05, 4.69) is 126 Å². The zero-order chi connectivity index (χ0) is 23.5. The van der Waals surface area contributed by atoms with E-state index in [1.807, 2.05) is 11.8 Å². The summed E-state index contributed by atoms with van der Waals surface area (Å²) in [6, 6.07) is 31.1. The van der Waals surface area contributed by atoms with Crippen LogP contribution in [-0.2, 0) is 0 Å². The quantitative estimate of drug-likeness (QED) is 0.254. The fourth-order valence-electron chi connectivity index (χ4n) is 5.42. The Balaban J connectivity index is 1.58. The molecule has 0 unspecified atom stereocenters. The molecule has 35 heavy (non-hydrogen) atoms. The molecule has 1 aliphatic carbocycles. The Hall–Kier alpha value is -3.69. The number of fused-ring (bicyclic) bond motifs is 6. The molecule has 0 bridgehead atoms. The largest absolute Gasteiger partial charge is 0.309 e. The Labute approximate surface area is 210 Å². The number of benzene rings is 4. The third kappa shape index (κ3) is 3.19. The van der Waals surface area contributed by atoms with Crippen LogP contribution in [0.5, 0.6) is 0 Å². The van der Waals surface area contributed by atoms with Gasteiger partial charge >= 0.3 is 0 Å². The number of hydrogen-bond donors (Lipinski definition) is 0. The van der Waals surface area contributed by atoms with Crippen molar-refractivity contribution in [2.75, 3.05) is 4.90 Å². The molecule has 0 saturated carbocycles. The third-order valence-electron chi connectivity index (χ3n) is 7.17. The highest BCUT2D eigenvalue weighted by molar-refractivity contribution is 7.99. The summed E-state index contributed by atoms with van der Waals surface area (Å²) in [5.74, 6) is 0.576. The van der Waals surface area contributed by atoms with Crippen molar-refractivity contribution in [3.63, 3.8) is 0 Å². The van der Waals surface area contributed by atoms with Crippen LogP contribution in [0.25, 0.3) is 27.5 Å². The zero-order valence-corrected chi connectivity index (χ0v) is 20.7. The first kappa shape index (κ1) is 20.7. The summed E-state index contributed by atoms with van der Waals surface area (Å²) >= 11 is 1.88. The Kier molecular flexibility index (Phi) is 4.68. The standard InChI is InChI=1S/C32H26N2S/c1-21-11-15-23(16-12-21)33-26-8-4-3-7-25(26)31-28(33)19-20-30-32(31)34(24-17-13-22(2)14-18-24)27-9-5-6-10-29(27)35-30/h3-13,15-20,22H,14H2,1-2H3/t22-/m0/s1. The minimum atomic E-state index is 0.576. The van der Waals surface area contributed by atoms with Crippen LogP contribution in [0.1, 0.15) is 18.9 Å². The smallest absolute Gasteiger partial charge is 0.0701 e. The highest BCUT2D eigenvalue weighted by Gasteiger charge is 2.30. The molecular formula is C32H26N2S.